The lowest BCUT2D eigenvalue weighted by Crippen LogP contribution is -2.65. The monoisotopic (exact) mass is 427 g/mol. The van der Waals surface area contributed by atoms with Gasteiger partial charge in [0.05, 0.1) is 6.61 Å². The van der Waals surface area contributed by atoms with Crippen molar-refractivity contribution in [2.45, 2.75) is 29.8 Å². The molecule has 7 nitrogen and oxygen atoms in total. The molecule has 0 aromatic rings. The molecule has 0 aromatic carbocycles. The first-order valence-corrected chi connectivity index (χ1v) is 10.7. The Morgan fingerprint density at radius 1 is 1.12 bits per heavy atom. The summed E-state index contributed by atoms with van der Waals surface area (Å²) < 4.78 is 22.5. The van der Waals surface area contributed by atoms with E-state index in [-0.39, 0.29) is 12.1 Å². The van der Waals surface area contributed by atoms with Crippen LogP contribution in [0.5, 0.6) is 0 Å². The Morgan fingerprint density at radius 2 is 1.64 bits per heavy atom. The predicted molar refractivity (Wildman–Crippen MR) is 110 cm³/mol. The van der Waals surface area contributed by atoms with Crippen molar-refractivity contribution in [1.82, 2.24) is 14.9 Å². The molecule has 0 bridgehead atoms. The Bertz CT molecular complexity index is 502. The van der Waals surface area contributed by atoms with E-state index < -0.39 is 18.8 Å². The minimum absolute atomic E-state index is 0.0579. The second-order valence-electron chi connectivity index (χ2n) is 5.11. The lowest BCUT2D eigenvalue weighted by atomic mass is 10.4. The molecule has 1 fully saturated rings. The number of hydrogen-bond acceptors (Lipinski definition) is 9. The van der Waals surface area contributed by atoms with E-state index in [0.717, 1.165) is 0 Å². The van der Waals surface area contributed by atoms with Gasteiger partial charge in [0.1, 0.15) is 16.5 Å². The van der Waals surface area contributed by atoms with Gasteiger partial charge in [0, 0.05) is 13.1 Å². The van der Waals surface area contributed by atoms with E-state index in [0.29, 0.717) is 19.5 Å². The van der Waals surface area contributed by atoms with Crippen molar-refractivity contribution in [1.29, 1.82) is 0 Å². The van der Waals surface area contributed by atoms with Crippen molar-refractivity contribution in [2.24, 2.45) is 0 Å². The highest BCUT2D eigenvalue weighted by Gasteiger charge is 2.45. The van der Waals surface area contributed by atoms with E-state index in [1.54, 1.807) is 22.0 Å². The molecule has 0 saturated carbocycles. The molecule has 1 aliphatic rings. The quantitative estimate of drug-likeness (QED) is 0.185. The summed E-state index contributed by atoms with van der Waals surface area (Å²) in [6.45, 7) is 10.2. The van der Waals surface area contributed by atoms with Gasteiger partial charge in [-0.3, -0.25) is 4.52 Å². The van der Waals surface area contributed by atoms with Crippen LogP contribution in [0.25, 0.3) is 0 Å². The number of rotatable bonds is 10. The summed E-state index contributed by atoms with van der Waals surface area (Å²) in [5, 5.41) is 1.20. The molecule has 144 valence electrons. The maximum Gasteiger partial charge on any atom is 0.489 e. The zero-order chi connectivity index (χ0) is 19.0. The van der Waals surface area contributed by atoms with Crippen LogP contribution >= 0.6 is 45.7 Å². The van der Waals surface area contributed by atoms with Crippen molar-refractivity contribution in [3.63, 3.8) is 0 Å². The third-order valence-corrected chi connectivity index (χ3v) is 5.84. The molecule has 3 unspecified atom stereocenters. The van der Waals surface area contributed by atoms with Gasteiger partial charge < -0.3 is 4.89 Å². The number of hydroxylamine groups is 2. The number of phosphoric ester groups is 1. The minimum Gasteiger partial charge on any atom is -0.301 e. The average Bonchev–Trinajstić information content (AvgIpc) is 2.56. The van der Waals surface area contributed by atoms with Gasteiger partial charge in [-0.15, -0.1) is 56.1 Å². The normalized spacial score (nSPS) is 28.9. The smallest absolute Gasteiger partial charge is 0.301 e. The molecule has 0 aromatic heterocycles. The molecule has 1 aliphatic heterocycles. The third kappa shape index (κ3) is 6.73. The largest absolute Gasteiger partial charge is 0.489 e. The van der Waals surface area contributed by atoms with Crippen molar-refractivity contribution >= 4 is 45.7 Å². The topological polar surface area (TPSA) is 65.5 Å². The Labute approximate surface area is 166 Å². The van der Waals surface area contributed by atoms with Crippen LogP contribution in [0, 0.1) is 0 Å². The fourth-order valence-corrected chi connectivity index (χ4v) is 4.64. The lowest BCUT2D eigenvalue weighted by molar-refractivity contribution is -0.211. The molecular weight excluding hydrogens is 401 g/mol. The molecule has 11 heteroatoms. The first kappa shape index (κ1) is 23.3. The molecule has 0 spiro atoms. The number of allylic oxidation sites excluding steroid dienone is 1. The van der Waals surface area contributed by atoms with Crippen LogP contribution in [-0.2, 0) is 13.7 Å². The highest BCUT2D eigenvalue weighted by molar-refractivity contribution is 7.82. The summed E-state index contributed by atoms with van der Waals surface area (Å²) in [7, 11) is -4.32. The number of nitrogens with zero attached hydrogens (tertiary/aromatic N) is 3. The van der Waals surface area contributed by atoms with Crippen LogP contribution in [0.15, 0.2) is 37.5 Å². The standard InChI is InChI=1S/C14H26N3O4PS3/c1-4-7-8-11-20-22(18,19)21-17-13(24)15(9-5-2)12(23)16(10-6-3)14(17)25/h4-7,12-14,23-25H,2-3,8-11H2,1H3,(H,18,19). The maximum absolute atomic E-state index is 12.2. The molecule has 1 N–H and O–H groups in total. The number of hydrogen-bond donors (Lipinski definition) is 4. The fourth-order valence-electron chi connectivity index (χ4n) is 2.15. The molecular formula is C14H26N3O4PS3. The zero-order valence-corrected chi connectivity index (χ0v) is 17.7. The van der Waals surface area contributed by atoms with Crippen LogP contribution in [0.4, 0.5) is 0 Å². The SMILES string of the molecule is C=CCN1C(S)N(CC=C)C(S)N(OP(=O)(O)OCCC=CC)C1S. The average molecular weight is 428 g/mol. The number of thiol groups is 3. The summed E-state index contributed by atoms with van der Waals surface area (Å²) in [6.07, 6.45) is 7.52. The van der Waals surface area contributed by atoms with E-state index in [1.807, 2.05) is 19.1 Å². The molecule has 25 heavy (non-hydrogen) atoms. The summed E-state index contributed by atoms with van der Waals surface area (Å²) in [4.78, 5) is 13.6. The molecule has 1 saturated heterocycles. The van der Waals surface area contributed by atoms with Crippen LogP contribution in [0.3, 0.4) is 0 Å². The van der Waals surface area contributed by atoms with Gasteiger partial charge >= 0.3 is 7.82 Å². The lowest BCUT2D eigenvalue weighted by Gasteiger charge is -2.51. The molecule has 0 amide bonds. The second-order valence-corrected chi connectivity index (χ2v) is 7.86. The Hall–Kier alpha value is 0.260. The van der Waals surface area contributed by atoms with Crippen LogP contribution in [0.2, 0.25) is 0 Å². The summed E-state index contributed by atoms with van der Waals surface area (Å²) >= 11 is 13.5. The molecule has 0 aliphatic carbocycles. The molecule has 1 rings (SSSR count). The molecule has 3 atom stereocenters. The summed E-state index contributed by atoms with van der Waals surface area (Å²) in [5.74, 6) is 0. The first-order chi connectivity index (χ1) is 11.8. The third-order valence-electron chi connectivity index (χ3n) is 3.29. The number of phosphoric acid groups is 1. The Balaban J connectivity index is 2.91. The van der Waals surface area contributed by atoms with Crippen molar-refractivity contribution in [3.8, 4) is 0 Å². The van der Waals surface area contributed by atoms with Gasteiger partial charge in [0.2, 0.25) is 0 Å². The van der Waals surface area contributed by atoms with E-state index in [1.165, 1.54) is 5.06 Å². The van der Waals surface area contributed by atoms with Crippen molar-refractivity contribution in [3.05, 3.63) is 37.5 Å². The van der Waals surface area contributed by atoms with Gasteiger partial charge in [-0.25, -0.2) is 14.4 Å². The Morgan fingerprint density at radius 3 is 2.08 bits per heavy atom. The van der Waals surface area contributed by atoms with Gasteiger partial charge in [-0.05, 0) is 13.3 Å². The van der Waals surface area contributed by atoms with Gasteiger partial charge in [-0.1, -0.05) is 24.3 Å². The maximum atomic E-state index is 12.2. The summed E-state index contributed by atoms with van der Waals surface area (Å²) in [5.41, 5.74) is -1.71. The van der Waals surface area contributed by atoms with E-state index >= 15 is 0 Å². The fraction of sp³-hybridized carbons (Fsp3) is 0.571. The van der Waals surface area contributed by atoms with E-state index in [4.69, 9.17) is 9.15 Å². The van der Waals surface area contributed by atoms with Gasteiger partial charge in [-0.2, -0.15) is 4.62 Å². The van der Waals surface area contributed by atoms with E-state index in [9.17, 15) is 9.46 Å². The van der Waals surface area contributed by atoms with Crippen molar-refractivity contribution in [2.75, 3.05) is 19.7 Å². The van der Waals surface area contributed by atoms with Gasteiger partial charge in [0.25, 0.3) is 0 Å². The van der Waals surface area contributed by atoms with Crippen molar-refractivity contribution < 1.29 is 18.6 Å². The van der Waals surface area contributed by atoms with Crippen LogP contribution in [-0.4, -0.2) is 55.9 Å². The zero-order valence-electron chi connectivity index (χ0n) is 14.1. The Kier molecular flexibility index (Phi) is 10.4. The van der Waals surface area contributed by atoms with E-state index in [2.05, 4.69) is 51.0 Å². The predicted octanol–water partition coefficient (Wildman–Crippen LogP) is 2.93. The first-order valence-electron chi connectivity index (χ1n) is 7.63. The highest BCUT2D eigenvalue weighted by atomic mass is 32.1. The molecule has 1 heterocycles. The molecule has 0 radical (unpaired) electrons. The van der Waals surface area contributed by atoms with Crippen LogP contribution < -0.4 is 0 Å². The summed E-state index contributed by atoms with van der Waals surface area (Å²) in [6, 6.07) is 0. The highest BCUT2D eigenvalue weighted by Crippen LogP contribution is 2.47. The second kappa shape index (κ2) is 11.2. The van der Waals surface area contributed by atoms with Crippen LogP contribution in [0.1, 0.15) is 13.3 Å². The van der Waals surface area contributed by atoms with Gasteiger partial charge in [0.15, 0.2) is 0 Å². The minimum atomic E-state index is -4.32.